The summed E-state index contributed by atoms with van der Waals surface area (Å²) in [5, 5.41) is 3.09. The predicted molar refractivity (Wildman–Crippen MR) is 87.3 cm³/mol. The fraction of sp³-hybridized carbons (Fsp3) is 0.316. The van der Waals surface area contributed by atoms with E-state index < -0.39 is 0 Å². The van der Waals surface area contributed by atoms with E-state index in [9.17, 15) is 4.79 Å². The highest BCUT2D eigenvalue weighted by atomic mass is 16.1. The molecule has 0 saturated carbocycles. The zero-order valence-electron chi connectivity index (χ0n) is 12.8. The van der Waals surface area contributed by atoms with Crippen molar-refractivity contribution in [1.29, 1.82) is 0 Å². The third kappa shape index (κ3) is 4.19. The second-order valence-electron chi connectivity index (χ2n) is 5.43. The van der Waals surface area contributed by atoms with Gasteiger partial charge < -0.3 is 5.32 Å². The third-order valence-electron chi connectivity index (χ3n) is 3.88. The summed E-state index contributed by atoms with van der Waals surface area (Å²) in [6.45, 7) is 4.86. The van der Waals surface area contributed by atoms with Crippen LogP contribution in [0.5, 0.6) is 0 Å². The molecule has 2 heteroatoms. The molecule has 2 nitrogen and oxygen atoms in total. The number of hydrogen-bond acceptors (Lipinski definition) is 1. The molecule has 2 atom stereocenters. The van der Waals surface area contributed by atoms with Gasteiger partial charge in [0.05, 0.1) is 5.92 Å². The van der Waals surface area contributed by atoms with Crippen LogP contribution in [0.3, 0.4) is 0 Å². The van der Waals surface area contributed by atoms with E-state index in [0.717, 1.165) is 12.0 Å². The molecule has 0 aromatic heterocycles. The number of amides is 1. The third-order valence-corrected chi connectivity index (χ3v) is 3.88. The van der Waals surface area contributed by atoms with Crippen molar-refractivity contribution in [2.45, 2.75) is 32.1 Å². The maximum absolute atomic E-state index is 12.4. The first kappa shape index (κ1) is 15.3. The lowest BCUT2D eigenvalue weighted by molar-refractivity contribution is -0.122. The van der Waals surface area contributed by atoms with Gasteiger partial charge in [-0.15, -0.1) is 0 Å². The molecule has 2 rings (SSSR count). The molecule has 0 aliphatic heterocycles. The molecule has 1 amide bonds. The first-order chi connectivity index (χ1) is 10.2. The average Bonchev–Trinajstić information content (AvgIpc) is 2.55. The number of carbonyl (C=O) groups excluding carboxylic acids is 1. The summed E-state index contributed by atoms with van der Waals surface area (Å²) < 4.78 is 0. The van der Waals surface area contributed by atoms with Gasteiger partial charge in [-0.05, 0) is 23.5 Å². The first-order valence-electron chi connectivity index (χ1n) is 7.60. The van der Waals surface area contributed by atoms with Gasteiger partial charge in [-0.2, -0.15) is 0 Å². The van der Waals surface area contributed by atoms with Crippen LogP contribution < -0.4 is 5.32 Å². The Morgan fingerprint density at radius 1 is 0.952 bits per heavy atom. The topological polar surface area (TPSA) is 29.1 Å². The van der Waals surface area contributed by atoms with Crippen LogP contribution in [0.1, 0.15) is 43.2 Å². The molecular weight excluding hydrogens is 258 g/mol. The van der Waals surface area contributed by atoms with E-state index in [1.54, 1.807) is 0 Å². The molecule has 110 valence electrons. The van der Waals surface area contributed by atoms with Crippen LogP contribution in [0, 0.1) is 0 Å². The summed E-state index contributed by atoms with van der Waals surface area (Å²) in [6.07, 6.45) is 0.815. The van der Waals surface area contributed by atoms with Crippen molar-refractivity contribution in [2.24, 2.45) is 0 Å². The molecule has 0 saturated heterocycles. The Morgan fingerprint density at radius 2 is 1.48 bits per heavy atom. The minimum absolute atomic E-state index is 0.0610. The van der Waals surface area contributed by atoms with Gasteiger partial charge in [0.25, 0.3) is 0 Å². The summed E-state index contributed by atoms with van der Waals surface area (Å²) >= 11 is 0. The van der Waals surface area contributed by atoms with Gasteiger partial charge >= 0.3 is 0 Å². The fourth-order valence-corrected chi connectivity index (χ4v) is 2.53. The summed E-state index contributed by atoms with van der Waals surface area (Å²) in [7, 11) is 0. The Labute approximate surface area is 127 Å². The minimum atomic E-state index is -0.0610. The number of carbonyl (C=O) groups is 1. The standard InChI is InChI=1S/C19H23NO/c1-3-18(17-12-8-5-9-13-17)19(21)20-14-15(2)16-10-6-4-7-11-16/h4-13,15,18H,3,14H2,1-2H3,(H,20,21)/t15-,18+/m0/s1. The van der Waals surface area contributed by atoms with Crippen molar-refractivity contribution in [2.75, 3.05) is 6.54 Å². The van der Waals surface area contributed by atoms with Crippen LogP contribution in [0.2, 0.25) is 0 Å². The predicted octanol–water partition coefficient (Wildman–Crippen LogP) is 4.10. The van der Waals surface area contributed by atoms with Crippen molar-refractivity contribution >= 4 is 5.91 Å². The monoisotopic (exact) mass is 281 g/mol. The van der Waals surface area contributed by atoms with E-state index in [1.165, 1.54) is 5.56 Å². The van der Waals surface area contributed by atoms with Crippen molar-refractivity contribution in [1.82, 2.24) is 5.32 Å². The molecule has 0 unspecified atom stereocenters. The van der Waals surface area contributed by atoms with Crippen LogP contribution >= 0.6 is 0 Å². The highest BCUT2D eigenvalue weighted by Gasteiger charge is 2.18. The molecule has 21 heavy (non-hydrogen) atoms. The highest BCUT2D eigenvalue weighted by Crippen LogP contribution is 2.20. The van der Waals surface area contributed by atoms with E-state index >= 15 is 0 Å². The van der Waals surface area contributed by atoms with Gasteiger partial charge in [0.2, 0.25) is 5.91 Å². The normalized spacial score (nSPS) is 13.4. The van der Waals surface area contributed by atoms with Crippen LogP contribution in [-0.2, 0) is 4.79 Å². The van der Waals surface area contributed by atoms with Gasteiger partial charge in [0.15, 0.2) is 0 Å². The Morgan fingerprint density at radius 3 is 2.00 bits per heavy atom. The second-order valence-corrected chi connectivity index (χ2v) is 5.43. The SMILES string of the molecule is CC[C@@H](C(=O)NC[C@H](C)c1ccccc1)c1ccccc1. The smallest absolute Gasteiger partial charge is 0.227 e. The zero-order chi connectivity index (χ0) is 15.1. The number of hydrogen-bond donors (Lipinski definition) is 1. The lowest BCUT2D eigenvalue weighted by Crippen LogP contribution is -2.32. The van der Waals surface area contributed by atoms with Gasteiger partial charge in [0.1, 0.15) is 0 Å². The van der Waals surface area contributed by atoms with Crippen molar-refractivity contribution in [3.63, 3.8) is 0 Å². The van der Waals surface area contributed by atoms with E-state index in [2.05, 4.69) is 31.3 Å². The second kappa shape index (κ2) is 7.63. The molecule has 1 N–H and O–H groups in total. The van der Waals surface area contributed by atoms with E-state index in [-0.39, 0.29) is 11.8 Å². The Balaban J connectivity index is 1.94. The van der Waals surface area contributed by atoms with Gasteiger partial charge in [-0.25, -0.2) is 0 Å². The van der Waals surface area contributed by atoms with Crippen molar-refractivity contribution in [3.8, 4) is 0 Å². The highest BCUT2D eigenvalue weighted by molar-refractivity contribution is 5.83. The van der Waals surface area contributed by atoms with E-state index in [0.29, 0.717) is 12.5 Å². The van der Waals surface area contributed by atoms with Crippen LogP contribution in [0.15, 0.2) is 60.7 Å². The number of nitrogens with one attached hydrogen (secondary N) is 1. The minimum Gasteiger partial charge on any atom is -0.355 e. The summed E-state index contributed by atoms with van der Waals surface area (Å²) in [5.41, 5.74) is 2.34. The average molecular weight is 281 g/mol. The fourth-order valence-electron chi connectivity index (χ4n) is 2.53. The van der Waals surface area contributed by atoms with Crippen LogP contribution in [0.25, 0.3) is 0 Å². The van der Waals surface area contributed by atoms with Crippen molar-refractivity contribution < 1.29 is 4.79 Å². The Bertz CT molecular complexity index is 550. The maximum Gasteiger partial charge on any atom is 0.227 e. The molecule has 0 heterocycles. The summed E-state index contributed by atoms with van der Waals surface area (Å²) in [6, 6.07) is 20.3. The van der Waals surface area contributed by atoms with Gasteiger partial charge in [0, 0.05) is 6.54 Å². The molecule has 2 aromatic carbocycles. The Kier molecular flexibility index (Phi) is 5.56. The molecule has 0 fully saturated rings. The molecule has 0 aliphatic rings. The van der Waals surface area contributed by atoms with Crippen molar-refractivity contribution in [3.05, 3.63) is 71.8 Å². The molecule has 0 aliphatic carbocycles. The maximum atomic E-state index is 12.4. The lowest BCUT2D eigenvalue weighted by Gasteiger charge is -2.18. The quantitative estimate of drug-likeness (QED) is 0.848. The molecule has 0 bridgehead atoms. The largest absolute Gasteiger partial charge is 0.355 e. The van der Waals surface area contributed by atoms with E-state index in [4.69, 9.17) is 0 Å². The summed E-state index contributed by atoms with van der Waals surface area (Å²) in [4.78, 5) is 12.4. The molecule has 0 spiro atoms. The molecule has 0 radical (unpaired) electrons. The summed E-state index contributed by atoms with van der Waals surface area (Å²) in [5.74, 6) is 0.379. The molecule has 2 aromatic rings. The van der Waals surface area contributed by atoms with Crippen LogP contribution in [-0.4, -0.2) is 12.5 Å². The lowest BCUT2D eigenvalue weighted by atomic mass is 9.95. The molecular formula is C19H23NO. The first-order valence-corrected chi connectivity index (χ1v) is 7.60. The number of benzene rings is 2. The van der Waals surface area contributed by atoms with Gasteiger partial charge in [-0.3, -0.25) is 4.79 Å². The van der Waals surface area contributed by atoms with Crippen LogP contribution in [0.4, 0.5) is 0 Å². The zero-order valence-corrected chi connectivity index (χ0v) is 12.8. The Hall–Kier alpha value is -2.09. The van der Waals surface area contributed by atoms with Gasteiger partial charge in [-0.1, -0.05) is 74.5 Å². The van der Waals surface area contributed by atoms with E-state index in [1.807, 2.05) is 48.5 Å². The number of rotatable bonds is 6.